The quantitative estimate of drug-likeness (QED) is 0.370. The highest BCUT2D eigenvalue weighted by atomic mass is 32.2. The Balaban J connectivity index is 1.30. The molecule has 0 spiro atoms. The molecule has 0 unspecified atom stereocenters. The van der Waals surface area contributed by atoms with E-state index in [-0.39, 0.29) is 0 Å². The fourth-order valence-electron chi connectivity index (χ4n) is 3.13. The second kappa shape index (κ2) is 10.1. The van der Waals surface area contributed by atoms with Gasteiger partial charge in [0.05, 0.1) is 29.7 Å². The van der Waals surface area contributed by atoms with Crippen molar-refractivity contribution in [3.05, 3.63) is 95.2 Å². The molecule has 0 amide bonds. The van der Waals surface area contributed by atoms with E-state index in [9.17, 15) is 0 Å². The monoisotopic (exact) mass is 431 g/mol. The van der Waals surface area contributed by atoms with Gasteiger partial charge >= 0.3 is 0 Å². The maximum atomic E-state index is 5.82. The first-order chi connectivity index (χ1) is 15.2. The lowest BCUT2D eigenvalue weighted by molar-refractivity contribution is 0.306. The molecule has 158 valence electrons. The largest absolute Gasteiger partial charge is 0.494 e. The summed E-state index contributed by atoms with van der Waals surface area (Å²) in [4.78, 5) is 3.31. The summed E-state index contributed by atoms with van der Waals surface area (Å²) < 4.78 is 11.4. The Bertz CT molecular complexity index is 1070. The van der Waals surface area contributed by atoms with Gasteiger partial charge in [-0.15, -0.1) is 0 Å². The minimum Gasteiger partial charge on any atom is -0.494 e. The van der Waals surface area contributed by atoms with Gasteiger partial charge in [0.1, 0.15) is 18.1 Å². The Labute approximate surface area is 187 Å². The van der Waals surface area contributed by atoms with E-state index in [1.54, 1.807) is 18.0 Å². The van der Waals surface area contributed by atoms with E-state index in [4.69, 9.17) is 9.47 Å². The Kier molecular flexibility index (Phi) is 6.79. The van der Waals surface area contributed by atoms with Gasteiger partial charge in [-0.2, -0.15) is 5.10 Å². The topological polar surface area (TPSA) is 46.1 Å². The van der Waals surface area contributed by atoms with Gasteiger partial charge in [-0.3, -0.25) is 5.43 Å². The minimum atomic E-state index is 0.559. The van der Waals surface area contributed by atoms with Crippen LogP contribution in [0.3, 0.4) is 0 Å². The number of hydrazone groups is 1. The van der Waals surface area contributed by atoms with Crippen molar-refractivity contribution in [2.45, 2.75) is 18.4 Å². The number of ether oxygens (including phenoxy) is 2. The van der Waals surface area contributed by atoms with Crippen LogP contribution in [-0.2, 0) is 6.61 Å². The maximum Gasteiger partial charge on any atom is 0.120 e. The van der Waals surface area contributed by atoms with Crippen LogP contribution in [0.4, 0.5) is 5.69 Å². The number of thioether (sulfide) groups is 1. The van der Waals surface area contributed by atoms with Crippen LogP contribution in [0.5, 0.6) is 11.5 Å². The molecule has 0 aromatic heterocycles. The van der Waals surface area contributed by atoms with Gasteiger partial charge in [0.15, 0.2) is 0 Å². The Morgan fingerprint density at radius 1 is 0.968 bits per heavy atom. The van der Waals surface area contributed by atoms with Gasteiger partial charge < -0.3 is 14.4 Å². The average Bonchev–Trinajstić information content (AvgIpc) is 3.12. The molecule has 0 aliphatic carbocycles. The second-order valence-corrected chi connectivity index (χ2v) is 8.00. The summed E-state index contributed by atoms with van der Waals surface area (Å²) in [6.45, 7) is 3.21. The summed E-state index contributed by atoms with van der Waals surface area (Å²) in [5, 5.41) is 5.39. The highest BCUT2D eigenvalue weighted by Crippen LogP contribution is 2.46. The molecule has 0 saturated heterocycles. The number of hydrogen-bond donors (Lipinski definition) is 1. The van der Waals surface area contributed by atoms with Crippen molar-refractivity contribution in [1.29, 1.82) is 0 Å². The molecule has 1 heterocycles. The van der Waals surface area contributed by atoms with Crippen molar-refractivity contribution in [2.75, 3.05) is 18.6 Å². The van der Waals surface area contributed by atoms with E-state index < -0.39 is 0 Å². The van der Waals surface area contributed by atoms with Crippen LogP contribution in [0.15, 0.2) is 94.0 Å². The van der Waals surface area contributed by atoms with Gasteiger partial charge in [-0.05, 0) is 60.5 Å². The summed E-state index contributed by atoms with van der Waals surface area (Å²) in [5.74, 6) is 1.73. The van der Waals surface area contributed by atoms with Gasteiger partial charge in [0.25, 0.3) is 0 Å². The first-order valence-corrected chi connectivity index (χ1v) is 11.0. The van der Waals surface area contributed by atoms with Crippen molar-refractivity contribution in [2.24, 2.45) is 5.10 Å². The van der Waals surface area contributed by atoms with Crippen molar-refractivity contribution >= 4 is 23.7 Å². The number of nitrogens with zero attached hydrogens (tertiary/aromatic N) is 2. The zero-order valence-corrected chi connectivity index (χ0v) is 18.4. The smallest absolute Gasteiger partial charge is 0.120 e. The molecule has 1 N–H and O–H groups in total. The van der Waals surface area contributed by atoms with Gasteiger partial charge in [0, 0.05) is 11.9 Å². The first-order valence-electron chi connectivity index (χ1n) is 10.2. The molecule has 1 aliphatic rings. The molecule has 0 atom stereocenters. The molecule has 1 aliphatic heterocycles. The zero-order valence-electron chi connectivity index (χ0n) is 17.6. The third-order valence-electron chi connectivity index (χ3n) is 4.75. The Hall–Kier alpha value is -3.38. The molecule has 0 saturated carbocycles. The summed E-state index contributed by atoms with van der Waals surface area (Å²) in [6, 6.07) is 24.2. The van der Waals surface area contributed by atoms with Crippen LogP contribution in [0.1, 0.15) is 18.1 Å². The van der Waals surface area contributed by atoms with E-state index in [1.165, 1.54) is 4.90 Å². The van der Waals surface area contributed by atoms with Gasteiger partial charge in [0.2, 0.25) is 0 Å². The lowest BCUT2D eigenvalue weighted by Crippen LogP contribution is -2.11. The van der Waals surface area contributed by atoms with Crippen LogP contribution < -0.4 is 19.8 Å². The second-order valence-electron chi connectivity index (χ2n) is 6.94. The van der Waals surface area contributed by atoms with E-state index in [2.05, 4.69) is 39.7 Å². The highest BCUT2D eigenvalue weighted by Gasteiger charge is 2.22. The molecule has 3 aromatic rings. The summed E-state index contributed by atoms with van der Waals surface area (Å²) in [5.41, 5.74) is 6.33. The van der Waals surface area contributed by atoms with Crippen molar-refractivity contribution in [1.82, 2.24) is 5.43 Å². The van der Waals surface area contributed by atoms with Crippen LogP contribution in [0.2, 0.25) is 0 Å². The fourth-order valence-corrected chi connectivity index (χ4v) is 4.19. The first kappa shape index (κ1) is 20.9. The van der Waals surface area contributed by atoms with E-state index in [0.29, 0.717) is 13.2 Å². The SMILES string of the molecule is CCOc1ccc2c(c1)S/C(=C\N/N=C/c1ccc(OCc3ccccc3)cc1)N2C. The highest BCUT2D eigenvalue weighted by molar-refractivity contribution is 8.03. The predicted molar refractivity (Wildman–Crippen MR) is 128 cm³/mol. The lowest BCUT2D eigenvalue weighted by Gasteiger charge is -2.13. The molecular formula is C25H25N3O2S. The van der Waals surface area contributed by atoms with Crippen molar-refractivity contribution < 1.29 is 9.47 Å². The number of nitrogens with one attached hydrogen (secondary N) is 1. The van der Waals surface area contributed by atoms with Crippen LogP contribution in [0.25, 0.3) is 0 Å². The molecular weight excluding hydrogens is 406 g/mol. The third kappa shape index (κ3) is 5.41. The summed E-state index contributed by atoms with van der Waals surface area (Å²) >= 11 is 1.69. The van der Waals surface area contributed by atoms with E-state index in [0.717, 1.165) is 33.3 Å². The number of hydrogen-bond acceptors (Lipinski definition) is 6. The molecule has 0 bridgehead atoms. The minimum absolute atomic E-state index is 0.559. The zero-order chi connectivity index (χ0) is 21.5. The van der Waals surface area contributed by atoms with Gasteiger partial charge in [-0.1, -0.05) is 42.1 Å². The Morgan fingerprint density at radius 2 is 1.74 bits per heavy atom. The summed E-state index contributed by atoms with van der Waals surface area (Å²) in [7, 11) is 2.05. The Morgan fingerprint density at radius 3 is 2.52 bits per heavy atom. The van der Waals surface area contributed by atoms with Crippen LogP contribution >= 0.6 is 11.8 Å². The predicted octanol–water partition coefficient (Wildman–Crippen LogP) is 5.63. The maximum absolute atomic E-state index is 5.82. The van der Waals surface area contributed by atoms with E-state index in [1.807, 2.05) is 68.7 Å². The van der Waals surface area contributed by atoms with Crippen LogP contribution in [-0.4, -0.2) is 19.9 Å². The standard InChI is InChI=1S/C25H25N3O2S/c1-3-29-22-13-14-23-24(15-22)31-25(28(23)2)17-27-26-16-19-9-11-21(12-10-19)30-18-20-7-5-4-6-8-20/h4-17,27H,3,18H2,1-2H3/b25-17-,26-16+. The van der Waals surface area contributed by atoms with Crippen LogP contribution in [0, 0.1) is 0 Å². The average molecular weight is 432 g/mol. The molecule has 0 fully saturated rings. The molecule has 4 rings (SSSR count). The molecule has 3 aromatic carbocycles. The molecule has 0 radical (unpaired) electrons. The number of fused-ring (bicyclic) bond motifs is 1. The number of rotatable bonds is 8. The lowest BCUT2D eigenvalue weighted by atomic mass is 10.2. The van der Waals surface area contributed by atoms with Crippen molar-refractivity contribution in [3.8, 4) is 11.5 Å². The van der Waals surface area contributed by atoms with Gasteiger partial charge in [-0.25, -0.2) is 0 Å². The molecule has 5 nitrogen and oxygen atoms in total. The fraction of sp³-hybridized carbons (Fsp3) is 0.160. The molecule has 31 heavy (non-hydrogen) atoms. The summed E-state index contributed by atoms with van der Waals surface area (Å²) in [6.07, 6.45) is 3.69. The van der Waals surface area contributed by atoms with Crippen molar-refractivity contribution in [3.63, 3.8) is 0 Å². The normalized spacial score (nSPS) is 14.1. The van der Waals surface area contributed by atoms with E-state index >= 15 is 0 Å². The third-order valence-corrected chi connectivity index (χ3v) is 5.90. The molecule has 6 heteroatoms. The number of benzene rings is 3. The number of anilines is 1.